The van der Waals surface area contributed by atoms with Gasteiger partial charge in [-0.15, -0.1) is 0 Å². The Hall–Kier alpha value is -4.49. The fourth-order valence-electron chi connectivity index (χ4n) is 5.05. The van der Waals surface area contributed by atoms with Gasteiger partial charge in [0.2, 0.25) is 5.91 Å². The van der Waals surface area contributed by atoms with Crippen molar-refractivity contribution in [2.75, 3.05) is 23.5 Å². The Morgan fingerprint density at radius 3 is 2.29 bits per heavy atom. The molecule has 0 saturated carbocycles. The number of methoxy groups -OCH3 is 1. The standard InChI is InChI=1S/C31H37N3O4.CO2/c1-19-11-9-10-12-24(19)26-15-23(16-28-25(26)13-14-33(28)22(4)35)34(30(36)38-31(5,6)7)18-27-21(3)29(37-8)20(2)17-32-27;2-1-3/h9-12,15-17H,13-14,18H2,1-8H3;. The molecule has 9 nitrogen and oxygen atoms in total. The number of pyridine rings is 1. The topological polar surface area (TPSA) is 106 Å². The van der Waals surface area contributed by atoms with Crippen LogP contribution in [-0.2, 0) is 32.1 Å². The van der Waals surface area contributed by atoms with Gasteiger partial charge in [0, 0.05) is 36.5 Å². The second-order valence-electron chi connectivity index (χ2n) is 10.9. The molecule has 0 fully saturated rings. The van der Waals surface area contributed by atoms with E-state index in [9.17, 15) is 9.59 Å². The third-order valence-electron chi connectivity index (χ3n) is 6.89. The average molecular weight is 560 g/mol. The highest BCUT2D eigenvalue weighted by Gasteiger charge is 2.31. The number of amides is 2. The molecule has 41 heavy (non-hydrogen) atoms. The van der Waals surface area contributed by atoms with Crippen LogP contribution in [0.4, 0.5) is 16.2 Å². The number of anilines is 2. The maximum absolute atomic E-state index is 13.7. The Balaban J connectivity index is 0.00000147. The summed E-state index contributed by atoms with van der Waals surface area (Å²) in [7, 11) is 1.63. The molecule has 1 aliphatic rings. The summed E-state index contributed by atoms with van der Waals surface area (Å²) in [5.74, 6) is 0.720. The maximum Gasteiger partial charge on any atom is 0.415 e. The molecule has 0 atom stereocenters. The molecule has 216 valence electrons. The van der Waals surface area contributed by atoms with Gasteiger partial charge in [0.1, 0.15) is 11.4 Å². The first-order chi connectivity index (χ1) is 19.3. The number of aryl methyl sites for hydroxylation is 2. The normalized spacial score (nSPS) is 12.0. The van der Waals surface area contributed by atoms with Crippen LogP contribution in [0.2, 0.25) is 0 Å². The van der Waals surface area contributed by atoms with Crippen LogP contribution in [0.5, 0.6) is 5.75 Å². The highest BCUT2D eigenvalue weighted by atomic mass is 16.6. The highest BCUT2D eigenvalue weighted by Crippen LogP contribution is 2.42. The highest BCUT2D eigenvalue weighted by molar-refractivity contribution is 5.99. The first-order valence-electron chi connectivity index (χ1n) is 13.3. The number of ether oxygens (including phenoxy) is 2. The minimum Gasteiger partial charge on any atom is -0.496 e. The Bertz CT molecular complexity index is 1490. The number of fused-ring (bicyclic) bond motifs is 1. The number of nitrogens with zero attached hydrogens (tertiary/aromatic N) is 3. The second-order valence-corrected chi connectivity index (χ2v) is 10.9. The van der Waals surface area contributed by atoms with Gasteiger partial charge in [0.05, 0.1) is 25.0 Å². The van der Waals surface area contributed by atoms with Gasteiger partial charge in [0.15, 0.2) is 0 Å². The van der Waals surface area contributed by atoms with Gasteiger partial charge >= 0.3 is 12.2 Å². The summed E-state index contributed by atoms with van der Waals surface area (Å²) < 4.78 is 11.5. The van der Waals surface area contributed by atoms with Gasteiger partial charge in [-0.25, -0.2) is 4.79 Å². The van der Waals surface area contributed by atoms with Crippen molar-refractivity contribution < 1.29 is 28.7 Å². The molecule has 0 aliphatic carbocycles. The van der Waals surface area contributed by atoms with Gasteiger partial charge in [0.25, 0.3) is 0 Å². The van der Waals surface area contributed by atoms with Crippen molar-refractivity contribution in [1.82, 2.24) is 4.98 Å². The summed E-state index contributed by atoms with van der Waals surface area (Å²) >= 11 is 0. The molecule has 9 heteroatoms. The summed E-state index contributed by atoms with van der Waals surface area (Å²) in [6.07, 6.45) is 2.27. The molecule has 1 aromatic heterocycles. The van der Waals surface area contributed by atoms with E-state index in [0.29, 0.717) is 17.9 Å². The van der Waals surface area contributed by atoms with Crippen LogP contribution in [0.3, 0.4) is 0 Å². The third kappa shape index (κ3) is 6.99. The fraction of sp³-hybridized carbons (Fsp3) is 0.375. The van der Waals surface area contributed by atoms with Gasteiger partial charge in [-0.2, -0.15) is 9.59 Å². The molecule has 2 heterocycles. The summed E-state index contributed by atoms with van der Waals surface area (Å²) in [5, 5.41) is 0. The molecule has 3 aromatic rings. The van der Waals surface area contributed by atoms with Crippen molar-refractivity contribution in [1.29, 1.82) is 0 Å². The predicted molar refractivity (Wildman–Crippen MR) is 156 cm³/mol. The van der Waals surface area contributed by atoms with E-state index in [1.165, 1.54) is 0 Å². The Morgan fingerprint density at radius 1 is 1.05 bits per heavy atom. The first kappa shape index (κ1) is 31.0. The zero-order valence-corrected chi connectivity index (χ0v) is 25.0. The molecule has 2 aromatic carbocycles. The van der Waals surface area contributed by atoms with Gasteiger partial charge < -0.3 is 14.4 Å². The number of aromatic nitrogens is 1. The van der Waals surface area contributed by atoms with Crippen molar-refractivity contribution in [3.05, 3.63) is 70.5 Å². The van der Waals surface area contributed by atoms with Crippen LogP contribution in [-0.4, -0.2) is 42.4 Å². The smallest absolute Gasteiger partial charge is 0.415 e. The van der Waals surface area contributed by atoms with E-state index < -0.39 is 11.7 Å². The van der Waals surface area contributed by atoms with E-state index in [0.717, 1.165) is 51.2 Å². The van der Waals surface area contributed by atoms with Crippen molar-refractivity contribution >= 4 is 29.5 Å². The monoisotopic (exact) mass is 559 g/mol. The third-order valence-corrected chi connectivity index (χ3v) is 6.89. The molecule has 0 N–H and O–H groups in total. The molecule has 0 bridgehead atoms. The summed E-state index contributed by atoms with van der Waals surface area (Å²) in [5.41, 5.74) is 7.60. The van der Waals surface area contributed by atoms with E-state index in [4.69, 9.17) is 19.1 Å². The van der Waals surface area contributed by atoms with Crippen LogP contribution in [0.15, 0.2) is 42.6 Å². The van der Waals surface area contributed by atoms with Crippen molar-refractivity contribution in [3.63, 3.8) is 0 Å². The van der Waals surface area contributed by atoms with Crippen molar-refractivity contribution in [2.45, 2.75) is 67.0 Å². The van der Waals surface area contributed by atoms with Gasteiger partial charge in [-0.05, 0) is 82.3 Å². The lowest BCUT2D eigenvalue weighted by Gasteiger charge is -2.29. The van der Waals surface area contributed by atoms with Crippen molar-refractivity contribution in [2.24, 2.45) is 0 Å². The minimum absolute atomic E-state index is 0.0266. The van der Waals surface area contributed by atoms with E-state index >= 15 is 0 Å². The number of carbonyl (C=O) groups is 2. The average Bonchev–Trinajstić information content (AvgIpc) is 3.32. The molecule has 2 amide bonds. The van der Waals surface area contributed by atoms with Crippen LogP contribution in [0, 0.1) is 20.8 Å². The first-order valence-corrected chi connectivity index (χ1v) is 13.3. The van der Waals surface area contributed by atoms with Crippen LogP contribution < -0.4 is 14.5 Å². The number of rotatable bonds is 5. The zero-order chi connectivity index (χ0) is 30.5. The SMILES string of the molecule is COc1c(C)cnc(CN(C(=O)OC(C)(C)C)c2cc(-c3ccccc3C)c3c(c2)N(C(C)=O)CC3)c1C.O=C=O. The quantitative estimate of drug-likeness (QED) is 0.380. The van der Waals surface area contributed by atoms with Crippen molar-refractivity contribution in [3.8, 4) is 16.9 Å². The lowest BCUT2D eigenvalue weighted by atomic mass is 9.93. The molecular formula is C32H37N3O6. The molecule has 0 saturated heterocycles. The van der Waals surface area contributed by atoms with Crippen LogP contribution >= 0.6 is 0 Å². The number of hydrogen-bond acceptors (Lipinski definition) is 7. The fourth-order valence-corrected chi connectivity index (χ4v) is 5.05. The van der Waals surface area contributed by atoms with Crippen LogP contribution in [0.25, 0.3) is 11.1 Å². The van der Waals surface area contributed by atoms with Crippen LogP contribution in [0.1, 0.15) is 55.6 Å². The Labute approximate surface area is 241 Å². The molecule has 0 spiro atoms. The van der Waals surface area contributed by atoms with E-state index in [-0.39, 0.29) is 18.6 Å². The van der Waals surface area contributed by atoms with E-state index in [1.54, 1.807) is 30.0 Å². The molecule has 0 unspecified atom stereocenters. The predicted octanol–water partition coefficient (Wildman–Crippen LogP) is 5.95. The van der Waals surface area contributed by atoms with E-state index in [2.05, 4.69) is 24.0 Å². The van der Waals surface area contributed by atoms with Gasteiger partial charge in [-0.3, -0.25) is 14.7 Å². The number of benzene rings is 2. The largest absolute Gasteiger partial charge is 0.496 e. The summed E-state index contributed by atoms with van der Waals surface area (Å²) in [4.78, 5) is 50.5. The molecular weight excluding hydrogens is 522 g/mol. The summed E-state index contributed by atoms with van der Waals surface area (Å²) in [6.45, 7) is 13.9. The zero-order valence-electron chi connectivity index (χ0n) is 25.0. The lowest BCUT2D eigenvalue weighted by molar-refractivity contribution is -0.191. The summed E-state index contributed by atoms with van der Waals surface area (Å²) in [6, 6.07) is 12.1. The Kier molecular flexibility index (Phi) is 9.68. The molecule has 4 rings (SSSR count). The minimum atomic E-state index is -0.691. The van der Waals surface area contributed by atoms with Gasteiger partial charge in [-0.1, -0.05) is 24.3 Å². The number of hydrogen-bond donors (Lipinski definition) is 0. The van der Waals surface area contributed by atoms with E-state index in [1.807, 2.05) is 58.9 Å². The maximum atomic E-state index is 13.7. The molecule has 1 aliphatic heterocycles. The molecule has 0 radical (unpaired) electrons. The number of carbonyl (C=O) groups excluding carboxylic acids is 4. The lowest BCUT2D eigenvalue weighted by Crippen LogP contribution is -2.37. The Morgan fingerprint density at radius 2 is 1.71 bits per heavy atom. The second kappa shape index (κ2) is 12.8.